The zero-order valence-electron chi connectivity index (χ0n) is 14.1. The van der Waals surface area contributed by atoms with Crippen molar-refractivity contribution in [3.8, 4) is 11.5 Å². The largest absolute Gasteiger partial charge is 0.497 e. The Morgan fingerprint density at radius 3 is 2.67 bits per heavy atom. The highest BCUT2D eigenvalue weighted by Crippen LogP contribution is 2.35. The van der Waals surface area contributed by atoms with Crippen molar-refractivity contribution in [2.45, 2.75) is 0 Å². The van der Waals surface area contributed by atoms with Crippen LogP contribution in [0.2, 0.25) is 10.0 Å². The summed E-state index contributed by atoms with van der Waals surface area (Å²) in [6, 6.07) is 8.38. The number of carbonyl (C=O) groups is 1. The predicted molar refractivity (Wildman–Crippen MR) is 113 cm³/mol. The summed E-state index contributed by atoms with van der Waals surface area (Å²) in [5.41, 5.74) is 0.893. The number of hydrogen-bond donors (Lipinski definition) is 2. The van der Waals surface area contributed by atoms with Crippen LogP contribution in [-0.2, 0) is 0 Å². The van der Waals surface area contributed by atoms with Gasteiger partial charge in [-0.2, -0.15) is 0 Å². The van der Waals surface area contributed by atoms with Crippen molar-refractivity contribution >= 4 is 73.1 Å². The molecule has 140 valence electrons. The molecule has 3 rings (SSSR count). The Morgan fingerprint density at radius 2 is 1.96 bits per heavy atom. The van der Waals surface area contributed by atoms with Crippen LogP contribution in [0.5, 0.6) is 11.5 Å². The van der Waals surface area contributed by atoms with E-state index in [9.17, 15) is 4.79 Å². The Morgan fingerprint density at radius 1 is 1.19 bits per heavy atom. The zero-order valence-corrected chi connectivity index (χ0v) is 17.3. The maximum absolute atomic E-state index is 12.5. The van der Waals surface area contributed by atoms with Gasteiger partial charge in [-0.25, -0.2) is 4.98 Å². The molecule has 0 unspecified atom stereocenters. The second-order valence-corrected chi connectivity index (χ2v) is 7.43. The minimum atomic E-state index is -0.422. The van der Waals surface area contributed by atoms with E-state index in [0.29, 0.717) is 37.8 Å². The van der Waals surface area contributed by atoms with Gasteiger partial charge in [0.05, 0.1) is 34.5 Å². The first-order valence-electron chi connectivity index (χ1n) is 7.52. The summed E-state index contributed by atoms with van der Waals surface area (Å²) < 4.78 is 11.2. The first kappa shape index (κ1) is 19.6. The number of hydrogen-bond acceptors (Lipinski definition) is 6. The second kappa shape index (κ2) is 8.26. The molecular formula is C17H13Cl2N3O3S2. The van der Waals surface area contributed by atoms with Crippen LogP contribution >= 0.6 is 46.8 Å². The normalized spacial score (nSPS) is 10.5. The Hall–Kier alpha value is -2.13. The maximum atomic E-state index is 12.5. The zero-order chi connectivity index (χ0) is 19.6. The van der Waals surface area contributed by atoms with Crippen molar-refractivity contribution in [1.29, 1.82) is 0 Å². The molecule has 0 spiro atoms. The van der Waals surface area contributed by atoms with Crippen molar-refractivity contribution in [1.82, 2.24) is 10.3 Å². The lowest BCUT2D eigenvalue weighted by Crippen LogP contribution is -2.34. The van der Waals surface area contributed by atoms with Crippen LogP contribution in [0.3, 0.4) is 0 Å². The molecular weight excluding hydrogens is 429 g/mol. The molecule has 0 aliphatic rings. The van der Waals surface area contributed by atoms with E-state index in [2.05, 4.69) is 15.6 Å². The number of amides is 1. The molecule has 1 amide bonds. The van der Waals surface area contributed by atoms with Crippen molar-refractivity contribution in [3.05, 3.63) is 45.9 Å². The monoisotopic (exact) mass is 441 g/mol. The molecule has 0 aliphatic heterocycles. The van der Waals surface area contributed by atoms with Gasteiger partial charge in [-0.05, 0) is 36.5 Å². The molecule has 3 aromatic rings. The van der Waals surface area contributed by atoms with Gasteiger partial charge in [0.2, 0.25) is 0 Å². The van der Waals surface area contributed by atoms with Crippen molar-refractivity contribution in [2.24, 2.45) is 0 Å². The molecule has 27 heavy (non-hydrogen) atoms. The average Bonchev–Trinajstić information content (AvgIpc) is 3.07. The summed E-state index contributed by atoms with van der Waals surface area (Å²) in [4.78, 5) is 16.8. The smallest absolute Gasteiger partial charge is 0.261 e. The van der Waals surface area contributed by atoms with Crippen molar-refractivity contribution in [3.63, 3.8) is 0 Å². The van der Waals surface area contributed by atoms with Crippen LogP contribution in [0.4, 0.5) is 5.13 Å². The number of nitrogens with one attached hydrogen (secondary N) is 2. The number of nitrogens with zero attached hydrogens (tertiary/aromatic N) is 1. The lowest BCUT2D eigenvalue weighted by Gasteiger charge is -2.11. The molecule has 0 bridgehead atoms. The number of methoxy groups -OCH3 is 2. The summed E-state index contributed by atoms with van der Waals surface area (Å²) in [6.45, 7) is 0. The summed E-state index contributed by atoms with van der Waals surface area (Å²) >= 11 is 18.7. The fourth-order valence-corrected chi connectivity index (χ4v) is 3.82. The number of aromatic nitrogens is 1. The molecule has 0 atom stereocenters. The highest BCUT2D eigenvalue weighted by molar-refractivity contribution is 7.80. The van der Waals surface area contributed by atoms with E-state index < -0.39 is 5.91 Å². The van der Waals surface area contributed by atoms with Crippen molar-refractivity contribution in [2.75, 3.05) is 19.5 Å². The van der Waals surface area contributed by atoms with E-state index in [0.717, 1.165) is 4.70 Å². The molecule has 2 N–H and O–H groups in total. The van der Waals surface area contributed by atoms with Crippen LogP contribution in [0.15, 0.2) is 30.3 Å². The van der Waals surface area contributed by atoms with E-state index in [1.54, 1.807) is 24.3 Å². The third-order valence-corrected chi connectivity index (χ3v) is 5.49. The summed E-state index contributed by atoms with van der Waals surface area (Å²) in [5.74, 6) is 0.527. The number of benzene rings is 2. The standard InChI is InChI=1S/C17H13Cl2N3O3S2/c1-24-8-3-4-9(11(7-8)25-2)15(23)21-16(26)22-17-20-14-12(27-17)6-5-10(18)13(14)19/h3-7H,1-2H3,(H2,20,21,22,23,26). The quantitative estimate of drug-likeness (QED) is 0.569. The maximum Gasteiger partial charge on any atom is 0.261 e. The molecule has 1 aromatic heterocycles. The van der Waals surface area contributed by atoms with Gasteiger partial charge in [0.1, 0.15) is 17.0 Å². The summed E-state index contributed by atoms with van der Waals surface area (Å²) in [6.07, 6.45) is 0. The van der Waals surface area contributed by atoms with E-state index in [1.165, 1.54) is 25.6 Å². The number of ether oxygens (including phenoxy) is 2. The molecule has 2 aromatic carbocycles. The number of thiazole rings is 1. The number of anilines is 1. The van der Waals surface area contributed by atoms with Crippen LogP contribution in [0, 0.1) is 0 Å². The molecule has 10 heteroatoms. The summed E-state index contributed by atoms with van der Waals surface area (Å²) in [5, 5.41) is 6.85. The number of rotatable bonds is 4. The third kappa shape index (κ3) is 4.24. The molecule has 6 nitrogen and oxygen atoms in total. The van der Waals surface area contributed by atoms with Crippen LogP contribution in [0.1, 0.15) is 10.4 Å². The Kier molecular flexibility index (Phi) is 6.01. The van der Waals surface area contributed by atoms with Gasteiger partial charge in [0.25, 0.3) is 5.91 Å². The van der Waals surface area contributed by atoms with Gasteiger partial charge >= 0.3 is 0 Å². The van der Waals surface area contributed by atoms with E-state index in [1.807, 2.05) is 6.07 Å². The first-order valence-corrected chi connectivity index (χ1v) is 9.50. The third-order valence-electron chi connectivity index (χ3n) is 3.55. The molecule has 0 fully saturated rings. The summed E-state index contributed by atoms with van der Waals surface area (Å²) in [7, 11) is 3.00. The average molecular weight is 442 g/mol. The first-order chi connectivity index (χ1) is 12.9. The van der Waals surface area contributed by atoms with Gasteiger partial charge in [-0.3, -0.25) is 10.1 Å². The Labute approximate surface area is 174 Å². The SMILES string of the molecule is COc1ccc(C(=O)NC(=S)Nc2nc3c(Cl)c(Cl)ccc3s2)c(OC)c1. The molecule has 0 saturated carbocycles. The van der Waals surface area contributed by atoms with Gasteiger partial charge in [-0.15, -0.1) is 0 Å². The lowest BCUT2D eigenvalue weighted by atomic mass is 10.2. The molecule has 0 saturated heterocycles. The minimum absolute atomic E-state index is 0.0964. The van der Waals surface area contributed by atoms with Gasteiger partial charge in [0.15, 0.2) is 10.2 Å². The van der Waals surface area contributed by atoms with E-state index in [-0.39, 0.29) is 5.11 Å². The number of fused-ring (bicyclic) bond motifs is 1. The lowest BCUT2D eigenvalue weighted by molar-refractivity contribution is 0.0974. The van der Waals surface area contributed by atoms with E-state index in [4.69, 9.17) is 44.9 Å². The molecule has 0 radical (unpaired) electrons. The Bertz CT molecular complexity index is 1040. The highest BCUT2D eigenvalue weighted by atomic mass is 35.5. The van der Waals surface area contributed by atoms with Crippen molar-refractivity contribution < 1.29 is 14.3 Å². The Balaban J connectivity index is 1.74. The number of thiocarbonyl (C=S) groups is 1. The van der Waals surface area contributed by atoms with E-state index >= 15 is 0 Å². The fraction of sp³-hybridized carbons (Fsp3) is 0.118. The second-order valence-electron chi connectivity index (χ2n) is 5.20. The van der Waals surface area contributed by atoms with Gasteiger partial charge < -0.3 is 14.8 Å². The number of halogens is 2. The number of carbonyl (C=O) groups excluding carboxylic acids is 1. The van der Waals surface area contributed by atoms with Crippen LogP contribution in [0.25, 0.3) is 10.2 Å². The fourth-order valence-electron chi connectivity index (χ4n) is 2.28. The van der Waals surface area contributed by atoms with Crippen LogP contribution < -0.4 is 20.1 Å². The molecule has 1 heterocycles. The topological polar surface area (TPSA) is 72.5 Å². The molecule has 0 aliphatic carbocycles. The van der Waals surface area contributed by atoms with Gasteiger partial charge in [0, 0.05) is 6.07 Å². The highest BCUT2D eigenvalue weighted by Gasteiger charge is 2.16. The minimum Gasteiger partial charge on any atom is -0.497 e. The predicted octanol–water partition coefficient (Wildman–Crippen LogP) is 4.75. The van der Waals surface area contributed by atoms with Crippen LogP contribution in [-0.4, -0.2) is 30.2 Å². The van der Waals surface area contributed by atoms with Gasteiger partial charge in [-0.1, -0.05) is 34.5 Å².